The molecule has 1 aliphatic rings. The van der Waals surface area contributed by atoms with Gasteiger partial charge in [0.15, 0.2) is 5.58 Å². The van der Waals surface area contributed by atoms with E-state index < -0.39 is 0 Å². The molecule has 0 spiro atoms. The molecule has 1 aliphatic heterocycles. The molecule has 0 aliphatic carbocycles. The third kappa shape index (κ3) is 5.85. The largest absolute Gasteiger partial charge is 0.494 e. The van der Waals surface area contributed by atoms with E-state index in [1.807, 2.05) is 54.6 Å². The molecule has 1 aromatic heterocycles. The van der Waals surface area contributed by atoms with Crippen molar-refractivity contribution in [3.05, 3.63) is 72.3 Å². The topological polar surface area (TPSA) is 47.7 Å². The van der Waals surface area contributed by atoms with Gasteiger partial charge in [0.2, 0.25) is 5.89 Å². The molecule has 5 heteroatoms. The maximum absolute atomic E-state index is 6.06. The fourth-order valence-corrected chi connectivity index (χ4v) is 4.43. The number of oxazole rings is 1. The quantitative estimate of drug-likeness (QED) is 0.250. The van der Waals surface area contributed by atoms with Crippen molar-refractivity contribution in [1.29, 1.82) is 0 Å². The van der Waals surface area contributed by atoms with Crippen molar-refractivity contribution in [1.82, 2.24) is 9.88 Å². The Kier molecular flexibility index (Phi) is 6.78. The first-order chi connectivity index (χ1) is 16.9. The molecular weight excluding hydrogens is 436 g/mol. The predicted octanol–water partition coefficient (Wildman–Crippen LogP) is 7.45. The number of nitrogens with zero attached hydrogens (tertiary/aromatic N) is 2. The zero-order chi connectivity index (χ0) is 24.3. The Hall–Kier alpha value is -3.31. The summed E-state index contributed by atoms with van der Waals surface area (Å²) in [5, 5.41) is 0. The summed E-state index contributed by atoms with van der Waals surface area (Å²) in [7, 11) is 0. The average Bonchev–Trinajstić information content (AvgIpc) is 3.52. The Morgan fingerprint density at radius 2 is 1.54 bits per heavy atom. The molecule has 1 saturated heterocycles. The lowest BCUT2D eigenvalue weighted by Crippen LogP contribution is -2.21. The highest BCUT2D eigenvalue weighted by molar-refractivity contribution is 5.77. The lowest BCUT2D eigenvalue weighted by Gasteiger charge is -2.19. The van der Waals surface area contributed by atoms with Gasteiger partial charge in [-0.25, -0.2) is 4.98 Å². The summed E-state index contributed by atoms with van der Waals surface area (Å²) in [6.45, 7) is 10.9. The Morgan fingerprint density at radius 1 is 0.857 bits per heavy atom. The third-order valence-corrected chi connectivity index (χ3v) is 6.50. The van der Waals surface area contributed by atoms with Gasteiger partial charge >= 0.3 is 0 Å². The van der Waals surface area contributed by atoms with Gasteiger partial charge in [0.25, 0.3) is 0 Å². The molecule has 35 heavy (non-hydrogen) atoms. The van der Waals surface area contributed by atoms with Gasteiger partial charge in [0.05, 0.1) is 6.61 Å². The number of rotatable bonds is 8. The number of likely N-dealkylation sites (tertiary alicyclic amines) is 1. The van der Waals surface area contributed by atoms with Gasteiger partial charge in [-0.15, -0.1) is 0 Å². The van der Waals surface area contributed by atoms with Crippen LogP contribution in [0.1, 0.15) is 45.6 Å². The van der Waals surface area contributed by atoms with Gasteiger partial charge < -0.3 is 18.8 Å². The van der Waals surface area contributed by atoms with Crippen LogP contribution >= 0.6 is 0 Å². The highest BCUT2D eigenvalue weighted by atomic mass is 16.5. The minimum atomic E-state index is 0.116. The van der Waals surface area contributed by atoms with Gasteiger partial charge in [-0.2, -0.15) is 0 Å². The molecule has 0 N–H and O–H groups in total. The number of benzene rings is 3. The Bertz CT molecular complexity index is 1250. The number of fused-ring (bicyclic) bond motifs is 1. The average molecular weight is 471 g/mol. The van der Waals surface area contributed by atoms with Gasteiger partial charge in [0.1, 0.15) is 22.8 Å². The number of ether oxygens (including phenoxy) is 2. The third-order valence-electron chi connectivity index (χ3n) is 6.50. The normalized spacial score (nSPS) is 14.5. The minimum absolute atomic E-state index is 0.116. The van der Waals surface area contributed by atoms with E-state index in [0.717, 1.165) is 47.9 Å². The standard InChI is InChI=1S/C30H34N2O3/c1-30(2,3)23-9-13-25(14-10-23)34-26-15-16-27-28(21-26)35-29(31-27)22-7-11-24(12-8-22)33-20-6-19-32-17-4-5-18-32/h7-16,21H,4-6,17-20H2,1-3H3. The predicted molar refractivity (Wildman–Crippen MR) is 140 cm³/mol. The van der Waals surface area contributed by atoms with Crippen LogP contribution in [-0.4, -0.2) is 36.1 Å². The zero-order valence-corrected chi connectivity index (χ0v) is 20.9. The van der Waals surface area contributed by atoms with E-state index in [0.29, 0.717) is 11.5 Å². The van der Waals surface area contributed by atoms with E-state index in [4.69, 9.17) is 13.9 Å². The highest BCUT2D eigenvalue weighted by Crippen LogP contribution is 2.31. The van der Waals surface area contributed by atoms with Crippen LogP contribution in [0.25, 0.3) is 22.6 Å². The second-order valence-electron chi connectivity index (χ2n) is 10.3. The molecule has 2 heterocycles. The van der Waals surface area contributed by atoms with Gasteiger partial charge in [-0.1, -0.05) is 32.9 Å². The van der Waals surface area contributed by atoms with Crippen molar-refractivity contribution in [3.63, 3.8) is 0 Å². The molecule has 0 saturated carbocycles. The van der Waals surface area contributed by atoms with Gasteiger partial charge in [0, 0.05) is 18.2 Å². The molecule has 5 rings (SSSR count). The summed E-state index contributed by atoms with van der Waals surface area (Å²) in [4.78, 5) is 7.16. The van der Waals surface area contributed by atoms with Crippen LogP contribution < -0.4 is 9.47 Å². The van der Waals surface area contributed by atoms with Crippen LogP contribution in [0.2, 0.25) is 0 Å². The van der Waals surface area contributed by atoms with E-state index in [-0.39, 0.29) is 5.41 Å². The molecule has 1 fully saturated rings. The van der Waals surface area contributed by atoms with Crippen molar-refractivity contribution >= 4 is 11.1 Å². The van der Waals surface area contributed by atoms with Crippen LogP contribution in [0.4, 0.5) is 0 Å². The van der Waals surface area contributed by atoms with Crippen LogP contribution in [0.15, 0.2) is 71.1 Å². The molecule has 182 valence electrons. The molecule has 0 amide bonds. The van der Waals surface area contributed by atoms with E-state index in [1.54, 1.807) is 0 Å². The van der Waals surface area contributed by atoms with Crippen LogP contribution in [0.3, 0.4) is 0 Å². The molecule has 0 atom stereocenters. The first-order valence-electron chi connectivity index (χ1n) is 12.6. The van der Waals surface area contributed by atoms with Crippen LogP contribution in [-0.2, 0) is 5.41 Å². The Labute approximate surface area is 207 Å². The van der Waals surface area contributed by atoms with Crippen LogP contribution in [0.5, 0.6) is 17.2 Å². The summed E-state index contributed by atoms with van der Waals surface area (Å²) in [5.41, 5.74) is 3.82. The molecule has 4 aromatic rings. The van der Waals surface area contributed by atoms with Crippen molar-refractivity contribution < 1.29 is 13.9 Å². The summed E-state index contributed by atoms with van der Waals surface area (Å²) in [6.07, 6.45) is 3.72. The van der Waals surface area contributed by atoms with Crippen molar-refractivity contribution in [2.45, 2.75) is 45.4 Å². The van der Waals surface area contributed by atoms with Gasteiger partial charge in [-0.3, -0.25) is 0 Å². The smallest absolute Gasteiger partial charge is 0.227 e. The summed E-state index contributed by atoms with van der Waals surface area (Å²) in [6, 6.07) is 21.9. The fourth-order valence-electron chi connectivity index (χ4n) is 4.43. The number of hydrogen-bond donors (Lipinski definition) is 0. The van der Waals surface area contributed by atoms with E-state index in [2.05, 4.69) is 42.8 Å². The maximum atomic E-state index is 6.06. The zero-order valence-electron chi connectivity index (χ0n) is 20.9. The molecule has 0 radical (unpaired) electrons. The Morgan fingerprint density at radius 3 is 2.26 bits per heavy atom. The summed E-state index contributed by atoms with van der Waals surface area (Å²) in [5.74, 6) is 2.99. The summed E-state index contributed by atoms with van der Waals surface area (Å²) < 4.78 is 18.0. The van der Waals surface area contributed by atoms with Crippen molar-refractivity contribution in [2.75, 3.05) is 26.2 Å². The number of hydrogen-bond acceptors (Lipinski definition) is 5. The van der Waals surface area contributed by atoms with Crippen LogP contribution in [0, 0.1) is 0 Å². The molecule has 5 nitrogen and oxygen atoms in total. The van der Waals surface area contributed by atoms with Gasteiger partial charge in [-0.05, 0) is 91.9 Å². The number of aromatic nitrogens is 1. The van der Waals surface area contributed by atoms with E-state index >= 15 is 0 Å². The molecule has 0 bridgehead atoms. The van der Waals surface area contributed by atoms with E-state index in [9.17, 15) is 0 Å². The first kappa shape index (κ1) is 23.4. The lowest BCUT2D eigenvalue weighted by atomic mass is 9.87. The minimum Gasteiger partial charge on any atom is -0.494 e. The lowest BCUT2D eigenvalue weighted by molar-refractivity contribution is 0.263. The second kappa shape index (κ2) is 10.1. The fraction of sp³-hybridized carbons (Fsp3) is 0.367. The highest BCUT2D eigenvalue weighted by Gasteiger charge is 2.14. The maximum Gasteiger partial charge on any atom is 0.227 e. The monoisotopic (exact) mass is 470 g/mol. The SMILES string of the molecule is CC(C)(C)c1ccc(Oc2ccc3nc(-c4ccc(OCCCN5CCCC5)cc4)oc3c2)cc1. The van der Waals surface area contributed by atoms with Crippen molar-refractivity contribution in [3.8, 4) is 28.7 Å². The molecule has 0 unspecified atom stereocenters. The van der Waals surface area contributed by atoms with E-state index in [1.165, 1.54) is 31.5 Å². The van der Waals surface area contributed by atoms with Crippen molar-refractivity contribution in [2.24, 2.45) is 0 Å². The Balaban J connectivity index is 1.21. The molecule has 3 aromatic carbocycles. The summed E-state index contributed by atoms with van der Waals surface area (Å²) >= 11 is 0. The first-order valence-corrected chi connectivity index (χ1v) is 12.6. The second-order valence-corrected chi connectivity index (χ2v) is 10.3. The molecular formula is C30H34N2O3.